The van der Waals surface area contributed by atoms with Gasteiger partial charge < -0.3 is 0 Å². The van der Waals surface area contributed by atoms with E-state index < -0.39 is 5.54 Å². The minimum absolute atomic E-state index is 0.444. The molecule has 0 N–H and O–H groups in total. The summed E-state index contributed by atoms with van der Waals surface area (Å²) in [5.41, 5.74) is 2.10. The Hall–Kier alpha value is -1.37. The molecule has 0 saturated carbocycles. The van der Waals surface area contributed by atoms with Gasteiger partial charge in [0.15, 0.2) is 0 Å². The molecule has 0 aromatic heterocycles. The molecule has 1 rings (SSSR count). The van der Waals surface area contributed by atoms with Crippen molar-refractivity contribution in [3.8, 4) is 6.07 Å². The Labute approximate surface area is 123 Å². The second-order valence-corrected chi connectivity index (χ2v) is 5.73. The lowest BCUT2D eigenvalue weighted by molar-refractivity contribution is 0.236. The molecule has 1 aromatic rings. The maximum absolute atomic E-state index is 9.36. The zero-order chi connectivity index (χ0) is 15.2. The summed E-state index contributed by atoms with van der Waals surface area (Å²) in [5, 5.41) is 9.36. The Morgan fingerprint density at radius 3 is 1.95 bits per heavy atom. The lowest BCUT2D eigenvalue weighted by Gasteiger charge is -2.29. The zero-order valence-electron chi connectivity index (χ0n) is 13.5. The summed E-state index contributed by atoms with van der Waals surface area (Å²) < 4.78 is 0. The molecule has 0 radical (unpaired) electrons. The standard InChI is InChI=1S/C17H27N3/c1-6-20(7-2)13-16-10-8-15(9-11-16)12-17(3,14-18)19(4)5/h8-11H,6-7,12-13H2,1-5H3. The summed E-state index contributed by atoms with van der Waals surface area (Å²) in [6.45, 7) is 9.50. The van der Waals surface area contributed by atoms with Crippen LogP contribution in [0.3, 0.4) is 0 Å². The second-order valence-electron chi connectivity index (χ2n) is 5.73. The van der Waals surface area contributed by atoms with Crippen LogP contribution in [0.5, 0.6) is 0 Å². The van der Waals surface area contributed by atoms with Gasteiger partial charge in [0, 0.05) is 13.0 Å². The average molecular weight is 273 g/mol. The summed E-state index contributed by atoms with van der Waals surface area (Å²) in [7, 11) is 3.91. The van der Waals surface area contributed by atoms with Crippen molar-refractivity contribution in [3.63, 3.8) is 0 Å². The summed E-state index contributed by atoms with van der Waals surface area (Å²) in [6, 6.07) is 11.1. The third-order valence-corrected chi connectivity index (χ3v) is 4.10. The van der Waals surface area contributed by atoms with Crippen LogP contribution in [0.25, 0.3) is 0 Å². The van der Waals surface area contributed by atoms with E-state index in [1.807, 2.05) is 25.9 Å². The minimum Gasteiger partial charge on any atom is -0.300 e. The molecule has 0 aliphatic heterocycles. The first kappa shape index (κ1) is 16.7. The van der Waals surface area contributed by atoms with Crippen molar-refractivity contribution in [2.45, 2.75) is 39.3 Å². The highest BCUT2D eigenvalue weighted by molar-refractivity contribution is 5.26. The molecule has 0 spiro atoms. The van der Waals surface area contributed by atoms with Crippen LogP contribution < -0.4 is 0 Å². The molecule has 110 valence electrons. The van der Waals surface area contributed by atoms with E-state index in [1.165, 1.54) is 11.1 Å². The van der Waals surface area contributed by atoms with Gasteiger partial charge in [-0.25, -0.2) is 0 Å². The van der Waals surface area contributed by atoms with Crippen molar-refractivity contribution in [1.29, 1.82) is 5.26 Å². The van der Waals surface area contributed by atoms with Crippen LogP contribution in [-0.4, -0.2) is 42.5 Å². The first-order valence-electron chi connectivity index (χ1n) is 7.34. The maximum atomic E-state index is 9.36. The molecular formula is C17H27N3. The zero-order valence-corrected chi connectivity index (χ0v) is 13.5. The normalized spacial score (nSPS) is 14.3. The molecule has 20 heavy (non-hydrogen) atoms. The number of nitrogens with zero attached hydrogens (tertiary/aromatic N) is 3. The topological polar surface area (TPSA) is 30.3 Å². The van der Waals surface area contributed by atoms with Crippen LogP contribution in [0, 0.1) is 11.3 Å². The Kier molecular flexibility index (Phi) is 6.19. The first-order chi connectivity index (χ1) is 9.45. The van der Waals surface area contributed by atoms with E-state index in [1.54, 1.807) is 0 Å². The molecule has 0 heterocycles. The Balaban J connectivity index is 2.75. The van der Waals surface area contributed by atoms with Gasteiger partial charge in [0.1, 0.15) is 5.54 Å². The Morgan fingerprint density at radius 2 is 1.55 bits per heavy atom. The van der Waals surface area contributed by atoms with Crippen LogP contribution in [0.15, 0.2) is 24.3 Å². The van der Waals surface area contributed by atoms with Crippen molar-refractivity contribution >= 4 is 0 Å². The molecule has 0 aliphatic rings. The monoisotopic (exact) mass is 273 g/mol. The number of rotatable bonds is 7. The van der Waals surface area contributed by atoms with Crippen LogP contribution >= 0.6 is 0 Å². The molecule has 0 fully saturated rings. The van der Waals surface area contributed by atoms with Crippen molar-refractivity contribution in [2.75, 3.05) is 27.2 Å². The fourth-order valence-corrected chi connectivity index (χ4v) is 2.16. The highest BCUT2D eigenvalue weighted by atomic mass is 15.1. The van der Waals surface area contributed by atoms with Crippen molar-refractivity contribution in [1.82, 2.24) is 9.80 Å². The highest BCUT2D eigenvalue weighted by Gasteiger charge is 2.26. The predicted octanol–water partition coefficient (Wildman–Crippen LogP) is 2.91. The van der Waals surface area contributed by atoms with E-state index in [0.717, 1.165) is 26.1 Å². The summed E-state index contributed by atoms with van der Waals surface area (Å²) >= 11 is 0. The number of likely N-dealkylation sites (N-methyl/N-ethyl adjacent to an activating group) is 1. The SMILES string of the molecule is CCN(CC)Cc1ccc(CC(C)(C#N)N(C)C)cc1. The van der Waals surface area contributed by atoms with Gasteiger partial charge in [-0.15, -0.1) is 0 Å². The van der Waals surface area contributed by atoms with Crippen molar-refractivity contribution in [2.24, 2.45) is 0 Å². The minimum atomic E-state index is -0.444. The molecule has 0 amide bonds. The molecule has 1 atom stereocenters. The van der Waals surface area contributed by atoms with Crippen LogP contribution in [0.1, 0.15) is 31.9 Å². The third-order valence-electron chi connectivity index (χ3n) is 4.10. The summed E-state index contributed by atoms with van der Waals surface area (Å²) in [4.78, 5) is 4.38. The number of hydrogen-bond acceptors (Lipinski definition) is 3. The fourth-order valence-electron chi connectivity index (χ4n) is 2.16. The third kappa shape index (κ3) is 4.33. The molecular weight excluding hydrogens is 246 g/mol. The van der Waals surface area contributed by atoms with Gasteiger partial charge in [0.25, 0.3) is 0 Å². The number of hydrogen-bond donors (Lipinski definition) is 0. The van der Waals surface area contributed by atoms with Gasteiger partial charge in [-0.05, 0) is 45.2 Å². The van der Waals surface area contributed by atoms with Gasteiger partial charge in [-0.3, -0.25) is 9.80 Å². The smallest absolute Gasteiger partial charge is 0.109 e. The first-order valence-corrected chi connectivity index (χ1v) is 7.34. The molecule has 3 heteroatoms. The highest BCUT2D eigenvalue weighted by Crippen LogP contribution is 2.18. The van der Waals surface area contributed by atoms with Crippen LogP contribution in [0.4, 0.5) is 0 Å². The number of nitriles is 1. The van der Waals surface area contributed by atoms with Gasteiger partial charge in [-0.2, -0.15) is 5.26 Å². The van der Waals surface area contributed by atoms with E-state index in [0.29, 0.717) is 0 Å². The van der Waals surface area contributed by atoms with Gasteiger partial charge in [0.05, 0.1) is 6.07 Å². The maximum Gasteiger partial charge on any atom is 0.109 e. The largest absolute Gasteiger partial charge is 0.300 e. The molecule has 0 aliphatic carbocycles. The number of benzene rings is 1. The molecule has 1 aromatic carbocycles. The van der Waals surface area contributed by atoms with E-state index in [2.05, 4.69) is 49.1 Å². The van der Waals surface area contributed by atoms with E-state index in [-0.39, 0.29) is 0 Å². The van der Waals surface area contributed by atoms with Gasteiger partial charge >= 0.3 is 0 Å². The van der Waals surface area contributed by atoms with Gasteiger partial charge in [-0.1, -0.05) is 38.1 Å². The predicted molar refractivity (Wildman–Crippen MR) is 84.5 cm³/mol. The summed E-state index contributed by atoms with van der Waals surface area (Å²) in [5.74, 6) is 0. The lowest BCUT2D eigenvalue weighted by atomic mass is 9.92. The second kappa shape index (κ2) is 7.42. The van der Waals surface area contributed by atoms with E-state index >= 15 is 0 Å². The Morgan fingerprint density at radius 1 is 1.05 bits per heavy atom. The molecule has 3 nitrogen and oxygen atoms in total. The fraction of sp³-hybridized carbons (Fsp3) is 0.588. The van der Waals surface area contributed by atoms with E-state index in [9.17, 15) is 5.26 Å². The van der Waals surface area contributed by atoms with Gasteiger partial charge in [0.2, 0.25) is 0 Å². The molecule has 1 unspecified atom stereocenters. The van der Waals surface area contributed by atoms with Crippen molar-refractivity contribution in [3.05, 3.63) is 35.4 Å². The van der Waals surface area contributed by atoms with Crippen LogP contribution in [0.2, 0.25) is 0 Å². The van der Waals surface area contributed by atoms with Crippen molar-refractivity contribution < 1.29 is 0 Å². The molecule has 0 saturated heterocycles. The van der Waals surface area contributed by atoms with E-state index in [4.69, 9.17) is 0 Å². The molecule has 0 bridgehead atoms. The summed E-state index contributed by atoms with van der Waals surface area (Å²) in [6.07, 6.45) is 0.752. The van der Waals surface area contributed by atoms with Crippen LogP contribution in [-0.2, 0) is 13.0 Å². The Bertz CT molecular complexity index is 440. The lowest BCUT2D eigenvalue weighted by Crippen LogP contribution is -2.41. The average Bonchev–Trinajstić information content (AvgIpc) is 2.46. The quantitative estimate of drug-likeness (QED) is 0.765.